The predicted molar refractivity (Wildman–Crippen MR) is 65.2 cm³/mol. The first-order chi connectivity index (χ1) is 7.43. The van der Waals surface area contributed by atoms with Gasteiger partial charge in [-0.2, -0.15) is 0 Å². The highest BCUT2D eigenvalue weighted by atomic mass is 16.5. The molecule has 0 atom stereocenters. The molecule has 0 bridgehead atoms. The lowest BCUT2D eigenvalue weighted by Crippen LogP contribution is -2.28. The van der Waals surface area contributed by atoms with Crippen LogP contribution in [0.5, 0.6) is 0 Å². The zero-order chi connectivity index (χ0) is 10.8. The standard InChI is InChI=1S/C13H27NO/c1-2-3-4-5-6-9-14-12-13-7-10-15-11-8-13/h13-14H,2-12H2,1H3. The molecule has 1 rings (SSSR count). The van der Waals surface area contributed by atoms with E-state index in [9.17, 15) is 0 Å². The molecule has 1 saturated heterocycles. The van der Waals surface area contributed by atoms with Crippen LogP contribution in [-0.4, -0.2) is 26.3 Å². The Bertz CT molecular complexity index is 132. The van der Waals surface area contributed by atoms with Crippen molar-refractivity contribution < 1.29 is 4.74 Å². The van der Waals surface area contributed by atoms with Gasteiger partial charge in [0.05, 0.1) is 0 Å². The molecule has 0 aromatic carbocycles. The van der Waals surface area contributed by atoms with E-state index in [2.05, 4.69) is 12.2 Å². The summed E-state index contributed by atoms with van der Waals surface area (Å²) in [6.45, 7) is 6.63. The lowest BCUT2D eigenvalue weighted by Gasteiger charge is -2.22. The molecule has 90 valence electrons. The molecule has 0 radical (unpaired) electrons. The molecule has 1 aliphatic heterocycles. The smallest absolute Gasteiger partial charge is 0.0469 e. The Balaban J connectivity index is 1.79. The van der Waals surface area contributed by atoms with Gasteiger partial charge in [0.25, 0.3) is 0 Å². The number of nitrogens with one attached hydrogen (secondary N) is 1. The minimum Gasteiger partial charge on any atom is -0.381 e. The van der Waals surface area contributed by atoms with E-state index in [1.807, 2.05) is 0 Å². The van der Waals surface area contributed by atoms with Gasteiger partial charge in [-0.3, -0.25) is 0 Å². The third kappa shape index (κ3) is 6.91. The van der Waals surface area contributed by atoms with Gasteiger partial charge < -0.3 is 10.1 Å². The van der Waals surface area contributed by atoms with E-state index in [-0.39, 0.29) is 0 Å². The maximum Gasteiger partial charge on any atom is 0.0469 e. The third-order valence-electron chi connectivity index (χ3n) is 3.23. The molecule has 1 fully saturated rings. The Labute approximate surface area is 94.8 Å². The molecule has 2 heteroatoms. The minimum absolute atomic E-state index is 0.870. The Morgan fingerprint density at radius 1 is 1.07 bits per heavy atom. The van der Waals surface area contributed by atoms with Crippen molar-refractivity contribution in [2.45, 2.75) is 51.9 Å². The van der Waals surface area contributed by atoms with Crippen molar-refractivity contribution in [1.82, 2.24) is 5.32 Å². The van der Waals surface area contributed by atoms with Crippen molar-refractivity contribution >= 4 is 0 Å². The van der Waals surface area contributed by atoms with Crippen molar-refractivity contribution in [2.75, 3.05) is 26.3 Å². The summed E-state index contributed by atoms with van der Waals surface area (Å²) in [5.41, 5.74) is 0. The molecule has 0 aliphatic carbocycles. The van der Waals surface area contributed by atoms with Gasteiger partial charge in [0, 0.05) is 13.2 Å². The highest BCUT2D eigenvalue weighted by molar-refractivity contribution is 4.65. The monoisotopic (exact) mass is 213 g/mol. The summed E-state index contributed by atoms with van der Waals surface area (Å²) in [7, 11) is 0. The van der Waals surface area contributed by atoms with Gasteiger partial charge in [0.15, 0.2) is 0 Å². The van der Waals surface area contributed by atoms with Crippen LogP contribution in [0.2, 0.25) is 0 Å². The van der Waals surface area contributed by atoms with Crippen molar-refractivity contribution in [1.29, 1.82) is 0 Å². The van der Waals surface area contributed by atoms with Gasteiger partial charge in [-0.05, 0) is 38.3 Å². The number of unbranched alkanes of at least 4 members (excludes halogenated alkanes) is 4. The normalized spacial score (nSPS) is 18.2. The second kappa shape index (κ2) is 9.17. The zero-order valence-corrected chi connectivity index (χ0v) is 10.3. The fraction of sp³-hybridized carbons (Fsp3) is 1.00. The Morgan fingerprint density at radius 2 is 1.80 bits per heavy atom. The summed E-state index contributed by atoms with van der Waals surface area (Å²) in [6, 6.07) is 0. The van der Waals surface area contributed by atoms with Crippen LogP contribution in [0.4, 0.5) is 0 Å². The van der Waals surface area contributed by atoms with Crippen molar-refractivity contribution in [3.05, 3.63) is 0 Å². The first kappa shape index (κ1) is 13.0. The molecule has 0 aromatic heterocycles. The molecule has 0 saturated carbocycles. The number of hydrogen-bond acceptors (Lipinski definition) is 2. The first-order valence-electron chi connectivity index (χ1n) is 6.72. The maximum absolute atomic E-state index is 5.34. The van der Waals surface area contributed by atoms with Crippen LogP contribution in [0.15, 0.2) is 0 Å². The van der Waals surface area contributed by atoms with E-state index in [1.165, 1.54) is 58.0 Å². The van der Waals surface area contributed by atoms with Gasteiger partial charge in [-0.1, -0.05) is 32.6 Å². The lowest BCUT2D eigenvalue weighted by molar-refractivity contribution is 0.0663. The summed E-state index contributed by atoms with van der Waals surface area (Å²) in [5.74, 6) is 0.870. The molecule has 15 heavy (non-hydrogen) atoms. The van der Waals surface area contributed by atoms with Crippen LogP contribution in [0.25, 0.3) is 0 Å². The number of rotatable bonds is 8. The van der Waals surface area contributed by atoms with Crippen molar-refractivity contribution in [2.24, 2.45) is 5.92 Å². The van der Waals surface area contributed by atoms with Gasteiger partial charge in [0.1, 0.15) is 0 Å². The molecule has 0 unspecified atom stereocenters. The summed E-state index contributed by atoms with van der Waals surface area (Å²) >= 11 is 0. The van der Waals surface area contributed by atoms with Crippen LogP contribution >= 0.6 is 0 Å². The molecule has 0 spiro atoms. The van der Waals surface area contributed by atoms with E-state index >= 15 is 0 Å². The summed E-state index contributed by atoms with van der Waals surface area (Å²) in [4.78, 5) is 0. The Morgan fingerprint density at radius 3 is 2.53 bits per heavy atom. The topological polar surface area (TPSA) is 21.3 Å². The second-order valence-corrected chi connectivity index (χ2v) is 4.67. The Hall–Kier alpha value is -0.0800. The summed E-state index contributed by atoms with van der Waals surface area (Å²) in [5, 5.41) is 3.58. The highest BCUT2D eigenvalue weighted by Crippen LogP contribution is 2.13. The maximum atomic E-state index is 5.34. The Kier molecular flexibility index (Phi) is 7.94. The largest absolute Gasteiger partial charge is 0.381 e. The van der Waals surface area contributed by atoms with Crippen molar-refractivity contribution in [3.63, 3.8) is 0 Å². The molecular weight excluding hydrogens is 186 g/mol. The minimum atomic E-state index is 0.870. The van der Waals surface area contributed by atoms with E-state index < -0.39 is 0 Å². The van der Waals surface area contributed by atoms with Crippen molar-refractivity contribution in [3.8, 4) is 0 Å². The van der Waals surface area contributed by atoms with Crippen LogP contribution in [-0.2, 0) is 4.74 Å². The molecule has 0 amide bonds. The van der Waals surface area contributed by atoms with Gasteiger partial charge in [-0.25, -0.2) is 0 Å². The molecule has 1 aliphatic rings. The van der Waals surface area contributed by atoms with Gasteiger partial charge in [0.2, 0.25) is 0 Å². The summed E-state index contributed by atoms with van der Waals surface area (Å²) in [6.07, 6.45) is 9.41. The van der Waals surface area contributed by atoms with Crippen LogP contribution < -0.4 is 5.32 Å². The molecule has 1 heterocycles. The fourth-order valence-electron chi connectivity index (χ4n) is 2.11. The predicted octanol–water partition coefficient (Wildman–Crippen LogP) is 2.97. The molecule has 0 aromatic rings. The van der Waals surface area contributed by atoms with Crippen LogP contribution in [0.1, 0.15) is 51.9 Å². The zero-order valence-electron chi connectivity index (χ0n) is 10.3. The number of ether oxygens (including phenoxy) is 1. The first-order valence-corrected chi connectivity index (χ1v) is 6.72. The van der Waals surface area contributed by atoms with Gasteiger partial charge >= 0.3 is 0 Å². The van der Waals surface area contributed by atoms with Gasteiger partial charge in [-0.15, -0.1) is 0 Å². The molecule has 1 N–H and O–H groups in total. The van der Waals surface area contributed by atoms with Crippen LogP contribution in [0, 0.1) is 5.92 Å². The molecular formula is C13H27NO. The molecule has 2 nitrogen and oxygen atoms in total. The fourth-order valence-corrected chi connectivity index (χ4v) is 2.11. The number of hydrogen-bond donors (Lipinski definition) is 1. The van der Waals surface area contributed by atoms with E-state index in [0.29, 0.717) is 0 Å². The SMILES string of the molecule is CCCCCCCNCC1CCOCC1. The van der Waals surface area contributed by atoms with E-state index in [0.717, 1.165) is 19.1 Å². The van der Waals surface area contributed by atoms with Crippen LogP contribution in [0.3, 0.4) is 0 Å². The highest BCUT2D eigenvalue weighted by Gasteiger charge is 2.12. The average molecular weight is 213 g/mol. The average Bonchev–Trinajstić information content (AvgIpc) is 2.29. The second-order valence-electron chi connectivity index (χ2n) is 4.67. The quantitative estimate of drug-likeness (QED) is 0.626. The summed E-state index contributed by atoms with van der Waals surface area (Å²) < 4.78 is 5.34. The van der Waals surface area contributed by atoms with E-state index in [4.69, 9.17) is 4.74 Å². The lowest BCUT2D eigenvalue weighted by atomic mass is 10.0. The van der Waals surface area contributed by atoms with E-state index in [1.54, 1.807) is 0 Å². The third-order valence-corrected chi connectivity index (χ3v) is 3.23.